The molecule has 2 amide bonds. The number of benzene rings is 1. The van der Waals surface area contributed by atoms with E-state index in [1.165, 1.54) is 0 Å². The van der Waals surface area contributed by atoms with Crippen molar-refractivity contribution in [3.8, 4) is 0 Å². The fraction of sp³-hybridized carbons (Fsp3) is 0.529. The molecule has 126 valence electrons. The van der Waals surface area contributed by atoms with E-state index in [1.54, 1.807) is 11.8 Å². The molecule has 1 heterocycles. The number of carbonyl (C=O) groups excluding carboxylic acids is 2. The Balaban J connectivity index is 1.70. The van der Waals surface area contributed by atoms with Gasteiger partial charge in [-0.05, 0) is 31.2 Å². The monoisotopic (exact) mass is 319 g/mol. The minimum Gasteiger partial charge on any atom is -0.445 e. The molecular formula is C17H25N3O3. The van der Waals surface area contributed by atoms with E-state index < -0.39 is 12.1 Å². The number of amides is 2. The van der Waals surface area contributed by atoms with Crippen LogP contribution in [0.1, 0.15) is 25.3 Å². The summed E-state index contributed by atoms with van der Waals surface area (Å²) in [5.74, 6) is 0.220. The van der Waals surface area contributed by atoms with Gasteiger partial charge in [0.2, 0.25) is 5.91 Å². The van der Waals surface area contributed by atoms with Gasteiger partial charge in [-0.15, -0.1) is 0 Å². The number of likely N-dealkylation sites (tertiary alicyclic amines) is 1. The first-order valence-electron chi connectivity index (χ1n) is 8.05. The van der Waals surface area contributed by atoms with Gasteiger partial charge in [0.25, 0.3) is 0 Å². The predicted octanol–water partition coefficient (Wildman–Crippen LogP) is 1.50. The van der Waals surface area contributed by atoms with E-state index in [1.807, 2.05) is 30.3 Å². The van der Waals surface area contributed by atoms with E-state index in [2.05, 4.69) is 5.32 Å². The molecule has 0 bridgehead atoms. The molecule has 2 atom stereocenters. The normalized spacial score (nSPS) is 19.0. The van der Waals surface area contributed by atoms with Gasteiger partial charge in [-0.3, -0.25) is 4.79 Å². The molecular weight excluding hydrogens is 294 g/mol. The summed E-state index contributed by atoms with van der Waals surface area (Å²) >= 11 is 0. The van der Waals surface area contributed by atoms with Gasteiger partial charge in [0.1, 0.15) is 6.61 Å². The summed E-state index contributed by atoms with van der Waals surface area (Å²) in [6, 6.07) is 9.07. The smallest absolute Gasteiger partial charge is 0.407 e. The average Bonchev–Trinajstić information content (AvgIpc) is 2.58. The van der Waals surface area contributed by atoms with Gasteiger partial charge in [-0.2, -0.15) is 0 Å². The lowest BCUT2D eigenvalue weighted by atomic mass is 9.97. The molecule has 6 heteroatoms. The molecule has 2 unspecified atom stereocenters. The Kier molecular flexibility index (Phi) is 6.40. The Morgan fingerprint density at radius 2 is 2.13 bits per heavy atom. The van der Waals surface area contributed by atoms with Crippen LogP contribution in [0.4, 0.5) is 4.79 Å². The second-order valence-corrected chi connectivity index (χ2v) is 6.02. The molecule has 2 rings (SSSR count). The molecule has 23 heavy (non-hydrogen) atoms. The molecule has 1 fully saturated rings. The van der Waals surface area contributed by atoms with Crippen LogP contribution in [0.2, 0.25) is 0 Å². The Bertz CT molecular complexity index is 519. The molecule has 0 aromatic heterocycles. The fourth-order valence-electron chi connectivity index (χ4n) is 2.72. The van der Waals surface area contributed by atoms with Crippen LogP contribution in [-0.4, -0.2) is 42.6 Å². The topological polar surface area (TPSA) is 84.7 Å². The minimum atomic E-state index is -0.474. The first-order chi connectivity index (χ1) is 11.1. The van der Waals surface area contributed by atoms with Crippen molar-refractivity contribution in [2.75, 3.05) is 19.6 Å². The van der Waals surface area contributed by atoms with Gasteiger partial charge in [0, 0.05) is 19.6 Å². The third-order valence-corrected chi connectivity index (χ3v) is 3.97. The van der Waals surface area contributed by atoms with Crippen LogP contribution in [0.5, 0.6) is 0 Å². The van der Waals surface area contributed by atoms with Crippen molar-refractivity contribution in [2.24, 2.45) is 11.7 Å². The van der Waals surface area contributed by atoms with E-state index in [0.29, 0.717) is 13.1 Å². The lowest BCUT2D eigenvalue weighted by Crippen LogP contribution is -2.48. The van der Waals surface area contributed by atoms with Gasteiger partial charge in [0.15, 0.2) is 0 Å². The highest BCUT2D eigenvalue weighted by Crippen LogP contribution is 2.16. The second-order valence-electron chi connectivity index (χ2n) is 6.02. The van der Waals surface area contributed by atoms with Crippen molar-refractivity contribution in [1.82, 2.24) is 10.2 Å². The third-order valence-electron chi connectivity index (χ3n) is 3.97. The minimum absolute atomic E-state index is 0.0265. The summed E-state index contributed by atoms with van der Waals surface area (Å²) in [6.45, 7) is 3.85. The summed E-state index contributed by atoms with van der Waals surface area (Å²) in [7, 11) is 0. The second kappa shape index (κ2) is 8.53. The molecule has 0 saturated carbocycles. The molecule has 1 aromatic carbocycles. The first-order valence-corrected chi connectivity index (χ1v) is 8.05. The molecule has 3 N–H and O–H groups in total. The van der Waals surface area contributed by atoms with Gasteiger partial charge < -0.3 is 20.7 Å². The number of hydrogen-bond acceptors (Lipinski definition) is 4. The van der Waals surface area contributed by atoms with Crippen molar-refractivity contribution in [3.05, 3.63) is 35.9 Å². The van der Waals surface area contributed by atoms with Crippen LogP contribution in [0.15, 0.2) is 30.3 Å². The highest BCUT2D eigenvalue weighted by molar-refractivity contribution is 5.81. The van der Waals surface area contributed by atoms with Crippen LogP contribution < -0.4 is 11.1 Å². The summed E-state index contributed by atoms with van der Waals surface area (Å²) in [4.78, 5) is 25.5. The quantitative estimate of drug-likeness (QED) is 0.861. The number of hydrogen-bond donors (Lipinski definition) is 2. The number of ether oxygens (including phenoxy) is 1. The van der Waals surface area contributed by atoms with E-state index in [-0.39, 0.29) is 18.4 Å². The number of alkyl carbamates (subject to hydrolysis) is 1. The highest BCUT2D eigenvalue weighted by Gasteiger charge is 2.25. The fourth-order valence-corrected chi connectivity index (χ4v) is 2.72. The zero-order valence-corrected chi connectivity index (χ0v) is 13.5. The highest BCUT2D eigenvalue weighted by atomic mass is 16.5. The summed E-state index contributed by atoms with van der Waals surface area (Å²) in [6.07, 6.45) is 1.50. The number of nitrogens with zero attached hydrogens (tertiary/aromatic N) is 1. The number of rotatable bonds is 5. The maximum atomic E-state index is 11.9. The van der Waals surface area contributed by atoms with Crippen molar-refractivity contribution in [2.45, 2.75) is 32.4 Å². The van der Waals surface area contributed by atoms with E-state index >= 15 is 0 Å². The Hall–Kier alpha value is -2.08. The number of carbonyl (C=O) groups is 2. The van der Waals surface area contributed by atoms with Gasteiger partial charge in [-0.25, -0.2) is 4.79 Å². The standard InChI is InChI=1S/C17H25N3O3/c1-13(18)16(21)20-9-5-8-15(11-20)10-19-17(22)23-12-14-6-3-2-4-7-14/h2-4,6-7,13,15H,5,8-12,18H2,1H3,(H,19,22). The van der Waals surface area contributed by atoms with E-state index in [4.69, 9.17) is 10.5 Å². The predicted molar refractivity (Wildman–Crippen MR) is 87.6 cm³/mol. The molecule has 0 spiro atoms. The average molecular weight is 319 g/mol. The van der Waals surface area contributed by atoms with Crippen molar-refractivity contribution in [1.29, 1.82) is 0 Å². The maximum absolute atomic E-state index is 11.9. The molecule has 6 nitrogen and oxygen atoms in total. The van der Waals surface area contributed by atoms with Gasteiger partial charge >= 0.3 is 6.09 Å². The lowest BCUT2D eigenvalue weighted by Gasteiger charge is -2.33. The summed E-state index contributed by atoms with van der Waals surface area (Å²) in [5.41, 5.74) is 6.60. The molecule has 0 aliphatic carbocycles. The Morgan fingerprint density at radius 3 is 2.83 bits per heavy atom. The number of piperidine rings is 1. The van der Waals surface area contributed by atoms with Crippen molar-refractivity contribution >= 4 is 12.0 Å². The Labute approximate surface area is 137 Å². The largest absolute Gasteiger partial charge is 0.445 e. The van der Waals surface area contributed by atoms with Crippen LogP contribution in [-0.2, 0) is 16.1 Å². The zero-order chi connectivity index (χ0) is 16.7. The zero-order valence-electron chi connectivity index (χ0n) is 13.5. The molecule has 1 aliphatic rings. The van der Waals surface area contributed by atoms with Crippen LogP contribution in [0, 0.1) is 5.92 Å². The lowest BCUT2D eigenvalue weighted by molar-refractivity contribution is -0.133. The maximum Gasteiger partial charge on any atom is 0.407 e. The van der Waals surface area contributed by atoms with Gasteiger partial charge in [0.05, 0.1) is 6.04 Å². The third kappa shape index (κ3) is 5.56. The molecule has 1 aromatic rings. The molecule has 1 aliphatic heterocycles. The summed E-state index contributed by atoms with van der Waals surface area (Å²) < 4.78 is 5.18. The van der Waals surface area contributed by atoms with Crippen LogP contribution in [0.25, 0.3) is 0 Å². The number of nitrogens with two attached hydrogens (primary N) is 1. The molecule has 0 radical (unpaired) electrons. The van der Waals surface area contributed by atoms with E-state index in [0.717, 1.165) is 24.9 Å². The summed E-state index contributed by atoms with van der Waals surface area (Å²) in [5, 5.41) is 2.78. The van der Waals surface area contributed by atoms with Crippen molar-refractivity contribution < 1.29 is 14.3 Å². The number of nitrogens with one attached hydrogen (secondary N) is 1. The van der Waals surface area contributed by atoms with E-state index in [9.17, 15) is 9.59 Å². The van der Waals surface area contributed by atoms with Crippen LogP contribution >= 0.6 is 0 Å². The van der Waals surface area contributed by atoms with Gasteiger partial charge in [-0.1, -0.05) is 30.3 Å². The SMILES string of the molecule is CC(N)C(=O)N1CCCC(CNC(=O)OCc2ccccc2)C1. The first kappa shape index (κ1) is 17.3. The molecule has 1 saturated heterocycles. The van der Waals surface area contributed by atoms with Crippen LogP contribution in [0.3, 0.4) is 0 Å². The van der Waals surface area contributed by atoms with Crippen molar-refractivity contribution in [3.63, 3.8) is 0 Å². The Morgan fingerprint density at radius 1 is 1.39 bits per heavy atom.